The zero-order valence-corrected chi connectivity index (χ0v) is 24.5. The van der Waals surface area contributed by atoms with Crippen LogP contribution in [0.4, 0.5) is 14.5 Å². The average Bonchev–Trinajstić information content (AvgIpc) is 3.51. The predicted octanol–water partition coefficient (Wildman–Crippen LogP) is 5.28. The van der Waals surface area contributed by atoms with Crippen LogP contribution in [0.2, 0.25) is 0 Å². The van der Waals surface area contributed by atoms with Crippen LogP contribution in [0.1, 0.15) is 23.6 Å². The number of halogens is 2. The molecule has 0 bridgehead atoms. The topological polar surface area (TPSA) is 130 Å². The largest absolute Gasteiger partial charge is 0.480 e. The summed E-state index contributed by atoms with van der Waals surface area (Å²) in [6.45, 7) is 2.76. The van der Waals surface area contributed by atoms with Crippen molar-refractivity contribution in [1.82, 2.24) is 10.3 Å². The number of aliphatic carboxylic acids is 1. The highest BCUT2D eigenvalue weighted by molar-refractivity contribution is 8.01. The Hall–Kier alpha value is -4.06. The molecule has 3 aromatic carbocycles. The second kappa shape index (κ2) is 15.4. The second-order valence-corrected chi connectivity index (χ2v) is 11.3. The van der Waals surface area contributed by atoms with Crippen molar-refractivity contribution >= 4 is 29.3 Å². The molecule has 0 radical (unpaired) electrons. The van der Waals surface area contributed by atoms with Gasteiger partial charge in [0.05, 0.1) is 11.9 Å². The number of hydrogen-bond donors (Lipinski definition) is 4. The molecule has 8 nitrogen and oxygen atoms in total. The van der Waals surface area contributed by atoms with Crippen molar-refractivity contribution in [3.63, 3.8) is 0 Å². The summed E-state index contributed by atoms with van der Waals surface area (Å²) < 4.78 is 33.0. The molecule has 0 saturated carbocycles. The number of carboxylic acids is 1. The van der Waals surface area contributed by atoms with E-state index in [1.54, 1.807) is 30.5 Å². The minimum Gasteiger partial charge on any atom is -0.480 e. The van der Waals surface area contributed by atoms with E-state index in [0.29, 0.717) is 23.6 Å². The normalized spacial score (nSPS) is 13.3. The molecule has 3 atom stereocenters. The third-order valence-electron chi connectivity index (χ3n) is 6.96. The highest BCUT2D eigenvalue weighted by atomic mass is 32.2. The predicted molar refractivity (Wildman–Crippen MR) is 164 cm³/mol. The molecule has 1 heterocycles. The third kappa shape index (κ3) is 9.47. The van der Waals surface area contributed by atoms with Crippen LogP contribution in [-0.2, 0) is 29.0 Å². The van der Waals surface area contributed by atoms with E-state index >= 15 is 0 Å². The Morgan fingerprint density at radius 3 is 2.40 bits per heavy atom. The number of carboxylic acid groups (broad SMARTS) is 1. The minimum absolute atomic E-state index is 0.0560. The van der Waals surface area contributed by atoms with Crippen LogP contribution in [0, 0.1) is 17.6 Å². The minimum atomic E-state index is -1.13. The lowest BCUT2D eigenvalue weighted by Gasteiger charge is -2.29. The van der Waals surface area contributed by atoms with E-state index in [1.807, 2.05) is 18.2 Å². The first kappa shape index (κ1) is 31.9. The Kier molecular flexibility index (Phi) is 11.4. The van der Waals surface area contributed by atoms with E-state index in [2.05, 4.69) is 28.6 Å². The van der Waals surface area contributed by atoms with Crippen LogP contribution in [-0.4, -0.2) is 45.6 Å². The molecular weight excluding hydrogens is 574 g/mol. The van der Waals surface area contributed by atoms with Gasteiger partial charge < -0.3 is 25.9 Å². The molecule has 4 aromatic rings. The van der Waals surface area contributed by atoms with Gasteiger partial charge in [0.1, 0.15) is 16.9 Å². The van der Waals surface area contributed by atoms with Gasteiger partial charge >= 0.3 is 5.97 Å². The zero-order chi connectivity index (χ0) is 30.8. The molecule has 2 unspecified atom stereocenters. The molecule has 0 aliphatic heterocycles. The number of amides is 1. The van der Waals surface area contributed by atoms with Crippen LogP contribution < -0.4 is 16.4 Å². The number of rotatable bonds is 15. The van der Waals surface area contributed by atoms with Crippen LogP contribution in [0.25, 0.3) is 11.3 Å². The fourth-order valence-corrected chi connectivity index (χ4v) is 5.89. The van der Waals surface area contributed by atoms with E-state index in [0.717, 1.165) is 35.4 Å². The number of aromatic nitrogens is 1. The van der Waals surface area contributed by atoms with E-state index in [4.69, 9.17) is 10.2 Å². The number of nitrogens with two attached hydrogens (primary N) is 1. The summed E-state index contributed by atoms with van der Waals surface area (Å²) in [5.41, 5.74) is 10.4. The molecule has 0 fully saturated rings. The maximum Gasteiger partial charge on any atom is 0.317 e. The summed E-state index contributed by atoms with van der Waals surface area (Å²) in [5, 5.41) is 15.2. The summed E-state index contributed by atoms with van der Waals surface area (Å²) in [5.74, 6) is -3.20. The Labute approximate surface area is 253 Å². The maximum atomic E-state index is 13.9. The first-order valence-corrected chi connectivity index (χ1v) is 14.9. The Morgan fingerprint density at radius 1 is 1.02 bits per heavy atom. The Morgan fingerprint density at radius 2 is 1.74 bits per heavy atom. The maximum absolute atomic E-state index is 13.9. The van der Waals surface area contributed by atoms with Crippen LogP contribution >= 0.6 is 11.8 Å². The molecule has 0 aliphatic rings. The van der Waals surface area contributed by atoms with Crippen molar-refractivity contribution in [2.45, 2.75) is 37.6 Å². The molecule has 0 spiro atoms. The number of aryl methyl sites for hydroxylation is 1. The summed E-state index contributed by atoms with van der Waals surface area (Å²) in [6.07, 6.45) is 3.85. The van der Waals surface area contributed by atoms with Gasteiger partial charge in [0.25, 0.3) is 0 Å². The molecular formula is C32H34F2N4O4S. The van der Waals surface area contributed by atoms with Gasteiger partial charge in [-0.1, -0.05) is 31.2 Å². The molecule has 1 aromatic heterocycles. The summed E-state index contributed by atoms with van der Waals surface area (Å²) >= 11 is 0.961. The quantitative estimate of drug-likeness (QED) is 0.143. The number of anilines is 1. The smallest absolute Gasteiger partial charge is 0.317 e. The molecule has 5 N–H and O–H groups in total. The monoisotopic (exact) mass is 608 g/mol. The average molecular weight is 609 g/mol. The van der Waals surface area contributed by atoms with Crippen LogP contribution in [0.15, 0.2) is 83.7 Å². The second-order valence-electron chi connectivity index (χ2n) is 10.2. The summed E-state index contributed by atoms with van der Waals surface area (Å²) in [6, 6.07) is 17.4. The van der Waals surface area contributed by atoms with Crippen molar-refractivity contribution in [2.75, 3.05) is 17.6 Å². The van der Waals surface area contributed by atoms with Crippen LogP contribution in [0.5, 0.6) is 0 Å². The van der Waals surface area contributed by atoms with Gasteiger partial charge in [-0.05, 0) is 65.9 Å². The number of hydrogen-bond acceptors (Lipinski definition) is 7. The highest BCUT2D eigenvalue weighted by Gasteiger charge is 2.34. The third-order valence-corrected chi connectivity index (χ3v) is 8.30. The van der Waals surface area contributed by atoms with E-state index in [-0.39, 0.29) is 24.6 Å². The molecule has 4 rings (SSSR count). The van der Waals surface area contributed by atoms with Crippen molar-refractivity contribution in [2.24, 2.45) is 11.7 Å². The number of nitrogens with one attached hydrogen (secondary N) is 2. The van der Waals surface area contributed by atoms with Gasteiger partial charge in [-0.25, -0.2) is 13.8 Å². The number of benzene rings is 3. The van der Waals surface area contributed by atoms with Gasteiger partial charge in [0, 0.05) is 42.4 Å². The zero-order valence-electron chi connectivity index (χ0n) is 23.6. The van der Waals surface area contributed by atoms with Crippen molar-refractivity contribution in [3.8, 4) is 11.3 Å². The van der Waals surface area contributed by atoms with Gasteiger partial charge in [-0.3, -0.25) is 9.59 Å². The van der Waals surface area contributed by atoms with E-state index in [1.165, 1.54) is 24.1 Å². The van der Waals surface area contributed by atoms with Gasteiger partial charge in [0.15, 0.2) is 12.2 Å². The van der Waals surface area contributed by atoms with E-state index in [9.17, 15) is 23.5 Å². The fraction of sp³-hybridized carbons (Fsp3) is 0.281. The molecule has 0 aliphatic carbocycles. The van der Waals surface area contributed by atoms with Gasteiger partial charge in [0.2, 0.25) is 5.91 Å². The highest BCUT2D eigenvalue weighted by Crippen LogP contribution is 2.26. The number of nitrogens with zero attached hydrogens (tertiary/aromatic N) is 1. The molecule has 43 heavy (non-hydrogen) atoms. The van der Waals surface area contributed by atoms with E-state index < -0.39 is 34.8 Å². The number of thioether (sulfide) groups is 1. The Balaban J connectivity index is 1.43. The number of carbonyl (C=O) groups excluding carboxylic acids is 1. The standard InChI is InChI=1S/C32H34F2N4O4S/c1-2-20-4-3-5-21(10-20)15-36-16-27(28(35)13-22-11-24(33)14-25(34)12-22)31(32(40)41)43-18-30(39)38-26-8-6-23(7-9-26)29-17-37-19-42-29/h3-12,14,17,19,27-28,31,36H,2,13,15-16,18,35H2,1H3,(H,38,39)(H,40,41)/t27?,28?,31-/m0/s1. The molecule has 11 heteroatoms. The van der Waals surface area contributed by atoms with Gasteiger partial charge in [-0.2, -0.15) is 0 Å². The SMILES string of the molecule is CCc1cccc(CNCC(C(N)Cc2cc(F)cc(F)c2)[C@H](SCC(=O)Nc2ccc(-c3cnco3)cc2)C(=O)O)c1. The first-order chi connectivity index (χ1) is 20.7. The van der Waals surface area contributed by atoms with Crippen molar-refractivity contribution in [1.29, 1.82) is 0 Å². The number of oxazole rings is 1. The van der Waals surface area contributed by atoms with Crippen molar-refractivity contribution in [3.05, 3.63) is 108 Å². The lowest BCUT2D eigenvalue weighted by molar-refractivity contribution is -0.137. The van der Waals surface area contributed by atoms with Crippen molar-refractivity contribution < 1.29 is 27.9 Å². The lowest BCUT2D eigenvalue weighted by atomic mass is 9.90. The first-order valence-electron chi connectivity index (χ1n) is 13.8. The lowest BCUT2D eigenvalue weighted by Crippen LogP contribution is -2.47. The molecule has 0 saturated heterocycles. The molecule has 226 valence electrons. The fourth-order valence-electron chi connectivity index (χ4n) is 4.79. The Bertz CT molecular complexity index is 1480. The summed E-state index contributed by atoms with van der Waals surface area (Å²) in [7, 11) is 0. The van der Waals surface area contributed by atoms with Crippen LogP contribution in [0.3, 0.4) is 0 Å². The molecule has 1 amide bonds. The van der Waals surface area contributed by atoms with Gasteiger partial charge in [-0.15, -0.1) is 11.8 Å². The summed E-state index contributed by atoms with van der Waals surface area (Å²) in [4.78, 5) is 29.1. The number of carbonyl (C=O) groups is 2.